The number of Topliss-reactive ketones (excluding diaryl/α,β-unsaturated/α-hetero) is 1. The van der Waals surface area contributed by atoms with E-state index in [-0.39, 0.29) is 23.0 Å². The molecule has 2 fully saturated rings. The molecule has 5 nitrogen and oxygen atoms in total. The Balaban J connectivity index is 1.41. The number of carbonyl (C=O) groups is 3. The molecule has 0 amide bonds. The van der Waals surface area contributed by atoms with Crippen LogP contribution in [-0.2, 0) is 14.3 Å². The van der Waals surface area contributed by atoms with Crippen molar-refractivity contribution in [1.82, 2.24) is 0 Å². The Morgan fingerprint density at radius 3 is 2.62 bits per heavy atom. The first-order chi connectivity index (χ1) is 16.1. The molecule has 0 heterocycles. The summed E-state index contributed by atoms with van der Waals surface area (Å²) in [5.74, 6) is -0.482. The van der Waals surface area contributed by atoms with Gasteiger partial charge in [0, 0.05) is 17.3 Å². The van der Waals surface area contributed by atoms with E-state index >= 15 is 0 Å². The minimum atomic E-state index is -1.55. The quantitative estimate of drug-likeness (QED) is 0.511. The molecule has 0 bridgehead atoms. The molecule has 34 heavy (non-hydrogen) atoms. The number of allylic oxidation sites excluding steroid dienone is 4. The molecule has 5 heteroatoms. The summed E-state index contributed by atoms with van der Waals surface area (Å²) < 4.78 is 5.34. The van der Waals surface area contributed by atoms with E-state index in [1.165, 1.54) is 11.1 Å². The van der Waals surface area contributed by atoms with Gasteiger partial charge in [-0.3, -0.25) is 9.59 Å². The highest BCUT2D eigenvalue weighted by Gasteiger charge is 2.67. The van der Waals surface area contributed by atoms with Crippen molar-refractivity contribution in [2.45, 2.75) is 64.9 Å². The standard InChI is InChI=1S/C29H34O5/c1-18-15-24-22-10-9-20-16-21(30)11-13-27(20,2)23(22)12-14-28(24,3)29(18,33)25(31)17-34-26(32)19-7-5-4-6-8-19/h4-8,12,16,18,22,24,33H,9-11,13-15,17H2,1-3H3/t18?,22-,24+,27+,28+,29+/m1/s1. The van der Waals surface area contributed by atoms with E-state index in [9.17, 15) is 19.5 Å². The van der Waals surface area contributed by atoms with Crippen LogP contribution in [0.4, 0.5) is 0 Å². The number of esters is 1. The van der Waals surface area contributed by atoms with E-state index in [1.54, 1.807) is 24.3 Å². The fourth-order valence-corrected chi connectivity index (χ4v) is 7.69. The second-order valence-corrected chi connectivity index (χ2v) is 11.3. The second kappa shape index (κ2) is 8.01. The Hall–Kier alpha value is -2.53. The van der Waals surface area contributed by atoms with Crippen LogP contribution in [-0.4, -0.2) is 34.9 Å². The van der Waals surface area contributed by atoms with Gasteiger partial charge in [0.1, 0.15) is 5.60 Å². The van der Waals surface area contributed by atoms with Crippen LogP contribution in [0.1, 0.15) is 69.7 Å². The van der Waals surface area contributed by atoms with Crippen molar-refractivity contribution in [3.05, 3.63) is 59.2 Å². The maximum Gasteiger partial charge on any atom is 0.338 e. The summed E-state index contributed by atoms with van der Waals surface area (Å²) in [7, 11) is 0. The topological polar surface area (TPSA) is 80.7 Å². The number of hydrogen-bond acceptors (Lipinski definition) is 5. The summed E-state index contributed by atoms with van der Waals surface area (Å²) in [5, 5.41) is 12.0. The van der Waals surface area contributed by atoms with Crippen molar-refractivity contribution in [3.63, 3.8) is 0 Å². The monoisotopic (exact) mass is 462 g/mol. The van der Waals surface area contributed by atoms with Gasteiger partial charge in [0.05, 0.1) is 5.56 Å². The molecule has 6 atom stereocenters. The third kappa shape index (κ3) is 3.19. The smallest absolute Gasteiger partial charge is 0.338 e. The lowest BCUT2D eigenvalue weighted by Gasteiger charge is -2.54. The number of benzene rings is 1. The van der Waals surface area contributed by atoms with Crippen molar-refractivity contribution in [2.24, 2.45) is 28.6 Å². The van der Waals surface area contributed by atoms with E-state index in [4.69, 9.17) is 4.74 Å². The predicted octanol–water partition coefficient (Wildman–Crippen LogP) is 4.84. The molecule has 4 aliphatic rings. The maximum atomic E-state index is 13.5. The Morgan fingerprint density at radius 1 is 1.15 bits per heavy atom. The molecule has 1 aromatic rings. The highest BCUT2D eigenvalue weighted by molar-refractivity contribution is 5.95. The molecular weight excluding hydrogens is 428 g/mol. The van der Waals surface area contributed by atoms with Crippen molar-refractivity contribution in [1.29, 1.82) is 0 Å². The van der Waals surface area contributed by atoms with Crippen molar-refractivity contribution in [3.8, 4) is 0 Å². The fraction of sp³-hybridized carbons (Fsp3) is 0.552. The van der Waals surface area contributed by atoms with Crippen LogP contribution in [0, 0.1) is 28.6 Å². The van der Waals surface area contributed by atoms with Crippen molar-refractivity contribution < 1.29 is 24.2 Å². The first-order valence-corrected chi connectivity index (χ1v) is 12.5. The van der Waals surface area contributed by atoms with E-state index in [1.807, 2.05) is 26.0 Å². The van der Waals surface area contributed by atoms with E-state index in [2.05, 4.69) is 13.0 Å². The van der Waals surface area contributed by atoms with Crippen molar-refractivity contribution >= 4 is 17.5 Å². The molecule has 0 aromatic heterocycles. The van der Waals surface area contributed by atoms with Gasteiger partial charge in [-0.2, -0.15) is 0 Å². The third-order valence-electron chi connectivity index (χ3n) is 9.69. The number of hydrogen-bond donors (Lipinski definition) is 1. The van der Waals surface area contributed by atoms with Crippen LogP contribution in [0.3, 0.4) is 0 Å². The van der Waals surface area contributed by atoms with Crippen LogP contribution >= 0.6 is 0 Å². The molecule has 2 saturated carbocycles. The number of ether oxygens (including phenoxy) is 1. The molecule has 0 aliphatic heterocycles. The van der Waals surface area contributed by atoms with Gasteiger partial charge in [-0.05, 0) is 68.1 Å². The van der Waals surface area contributed by atoms with Crippen LogP contribution in [0.15, 0.2) is 53.6 Å². The largest absolute Gasteiger partial charge is 0.454 e. The van der Waals surface area contributed by atoms with Gasteiger partial charge in [-0.15, -0.1) is 0 Å². The molecule has 1 N–H and O–H groups in total. The molecule has 180 valence electrons. The molecule has 5 rings (SSSR count). The van der Waals surface area contributed by atoms with Gasteiger partial charge in [-0.25, -0.2) is 4.79 Å². The average Bonchev–Trinajstić information content (AvgIpc) is 3.05. The molecule has 4 aliphatic carbocycles. The van der Waals surface area contributed by atoms with E-state index in [0.29, 0.717) is 24.3 Å². The molecule has 0 radical (unpaired) electrons. The second-order valence-electron chi connectivity index (χ2n) is 11.3. The Bertz CT molecular complexity index is 1100. The number of ketones is 2. The molecular formula is C29H34O5. The molecule has 1 aromatic carbocycles. The van der Waals surface area contributed by atoms with Crippen LogP contribution in [0.25, 0.3) is 0 Å². The zero-order valence-electron chi connectivity index (χ0n) is 20.3. The lowest BCUT2D eigenvalue weighted by atomic mass is 9.50. The maximum absolute atomic E-state index is 13.5. The van der Waals surface area contributed by atoms with Gasteiger partial charge >= 0.3 is 5.97 Å². The number of fused-ring (bicyclic) bond motifs is 5. The molecule has 0 spiro atoms. The predicted molar refractivity (Wildman–Crippen MR) is 128 cm³/mol. The van der Waals surface area contributed by atoms with Gasteiger partial charge in [0.15, 0.2) is 12.4 Å². The highest BCUT2D eigenvalue weighted by Crippen LogP contribution is 2.66. The van der Waals surface area contributed by atoms with Crippen LogP contribution in [0.2, 0.25) is 0 Å². The highest BCUT2D eigenvalue weighted by atomic mass is 16.5. The van der Waals surface area contributed by atoms with Crippen molar-refractivity contribution in [2.75, 3.05) is 6.61 Å². The Morgan fingerprint density at radius 2 is 1.88 bits per heavy atom. The van der Waals surface area contributed by atoms with E-state index < -0.39 is 29.4 Å². The van der Waals surface area contributed by atoms with Gasteiger partial charge in [-0.1, -0.05) is 56.2 Å². The minimum Gasteiger partial charge on any atom is -0.454 e. The fourth-order valence-electron chi connectivity index (χ4n) is 7.69. The Labute approximate surface area is 201 Å². The normalized spacial score (nSPS) is 38.7. The summed E-state index contributed by atoms with van der Waals surface area (Å²) in [6, 6.07) is 8.60. The first kappa shape index (κ1) is 23.2. The average molecular weight is 463 g/mol. The molecule has 1 unspecified atom stereocenters. The number of rotatable bonds is 4. The zero-order chi connectivity index (χ0) is 24.3. The van der Waals surface area contributed by atoms with Crippen LogP contribution < -0.4 is 0 Å². The SMILES string of the molecule is CC1C[C@H]2[C@@H]3CCC4=CC(=O)CC[C@]4(C)C3=CC[C@]2(C)[C@@]1(O)C(=O)COC(=O)c1ccccc1. The van der Waals surface area contributed by atoms with Crippen LogP contribution in [0.5, 0.6) is 0 Å². The van der Waals surface area contributed by atoms with E-state index in [0.717, 1.165) is 25.7 Å². The van der Waals surface area contributed by atoms with Gasteiger partial charge < -0.3 is 9.84 Å². The zero-order valence-corrected chi connectivity index (χ0v) is 20.3. The lowest BCUT2D eigenvalue weighted by Crippen LogP contribution is -2.57. The van der Waals surface area contributed by atoms with Gasteiger partial charge in [0.25, 0.3) is 0 Å². The lowest BCUT2D eigenvalue weighted by molar-refractivity contribution is -0.161. The van der Waals surface area contributed by atoms with Gasteiger partial charge in [0.2, 0.25) is 5.78 Å². The third-order valence-corrected chi connectivity index (χ3v) is 9.69. The number of aliphatic hydroxyl groups is 1. The number of carbonyl (C=O) groups excluding carboxylic acids is 3. The first-order valence-electron chi connectivity index (χ1n) is 12.5. The Kier molecular flexibility index (Phi) is 5.47. The minimum absolute atomic E-state index is 0.0860. The summed E-state index contributed by atoms with van der Waals surface area (Å²) in [4.78, 5) is 37.9. The summed E-state index contributed by atoms with van der Waals surface area (Å²) in [6.07, 6.45) is 8.77. The molecule has 0 saturated heterocycles. The summed E-state index contributed by atoms with van der Waals surface area (Å²) in [5.41, 5.74) is 0.799. The summed E-state index contributed by atoms with van der Waals surface area (Å²) >= 11 is 0. The summed E-state index contributed by atoms with van der Waals surface area (Å²) in [6.45, 7) is 5.84.